The van der Waals surface area contributed by atoms with Crippen LogP contribution in [0.25, 0.3) is 5.57 Å². The van der Waals surface area contributed by atoms with Crippen LogP contribution >= 0.6 is 0 Å². The number of rotatable bonds is 7. The quantitative estimate of drug-likeness (QED) is 0.458. The molecule has 2 nitrogen and oxygen atoms in total. The molecule has 5 heteroatoms. The maximum absolute atomic E-state index is 13.6. The summed E-state index contributed by atoms with van der Waals surface area (Å²) < 4.78 is 40.9. The van der Waals surface area contributed by atoms with Crippen LogP contribution in [0.15, 0.2) is 91.3 Å². The first-order valence-corrected chi connectivity index (χ1v) is 10.7. The van der Waals surface area contributed by atoms with Gasteiger partial charge >= 0.3 is 6.18 Å². The average Bonchev–Trinajstić information content (AvgIpc) is 3.17. The molecule has 32 heavy (non-hydrogen) atoms. The average molecular weight is 439 g/mol. The largest absolute Gasteiger partial charge is 0.416 e. The van der Waals surface area contributed by atoms with Gasteiger partial charge in [0.1, 0.15) is 6.17 Å². The lowest BCUT2D eigenvalue weighted by atomic mass is 10.0. The van der Waals surface area contributed by atoms with E-state index in [4.69, 9.17) is 0 Å². The Morgan fingerprint density at radius 2 is 1.81 bits per heavy atom. The van der Waals surface area contributed by atoms with Gasteiger partial charge < -0.3 is 10.2 Å². The molecule has 1 unspecified atom stereocenters. The fourth-order valence-electron chi connectivity index (χ4n) is 3.68. The minimum Gasteiger partial charge on any atom is -0.363 e. The summed E-state index contributed by atoms with van der Waals surface area (Å²) in [5.74, 6) is 0.174. The Balaban J connectivity index is 1.88. The molecule has 0 amide bonds. The number of allylic oxidation sites excluding steroid dienone is 5. The molecule has 0 fully saturated rings. The molecule has 1 aliphatic rings. The molecule has 0 saturated heterocycles. The third kappa shape index (κ3) is 5.52. The second-order valence-corrected chi connectivity index (χ2v) is 8.19. The van der Waals surface area contributed by atoms with E-state index < -0.39 is 17.9 Å². The van der Waals surface area contributed by atoms with Gasteiger partial charge in [0.25, 0.3) is 0 Å². The van der Waals surface area contributed by atoms with E-state index in [-0.39, 0.29) is 11.5 Å². The fourth-order valence-corrected chi connectivity index (χ4v) is 3.68. The summed E-state index contributed by atoms with van der Waals surface area (Å²) in [6.07, 6.45) is 4.55. The van der Waals surface area contributed by atoms with Gasteiger partial charge in [-0.1, -0.05) is 92.8 Å². The van der Waals surface area contributed by atoms with Crippen molar-refractivity contribution in [3.63, 3.8) is 0 Å². The van der Waals surface area contributed by atoms with Crippen LogP contribution in [0, 0.1) is 12.8 Å². The van der Waals surface area contributed by atoms with Crippen LogP contribution in [0.4, 0.5) is 13.2 Å². The second-order valence-electron chi connectivity index (χ2n) is 8.19. The Hall–Kier alpha value is -3.21. The zero-order valence-electron chi connectivity index (χ0n) is 18.7. The van der Waals surface area contributed by atoms with Crippen molar-refractivity contribution in [1.82, 2.24) is 10.2 Å². The number of hydrogen-bond donors (Lipinski definition) is 1. The molecular weight excluding hydrogens is 409 g/mol. The molecule has 2 aromatic rings. The summed E-state index contributed by atoms with van der Waals surface area (Å²) in [5, 5.41) is 3.29. The van der Waals surface area contributed by atoms with Crippen LogP contribution in [0.3, 0.4) is 0 Å². The van der Waals surface area contributed by atoms with Crippen molar-refractivity contribution in [3.05, 3.63) is 114 Å². The predicted molar refractivity (Wildman–Crippen MR) is 125 cm³/mol. The Kier molecular flexibility index (Phi) is 7.29. The Labute approximate surface area is 188 Å². The predicted octanol–water partition coefficient (Wildman–Crippen LogP) is 7.24. The van der Waals surface area contributed by atoms with Crippen molar-refractivity contribution in [2.24, 2.45) is 5.92 Å². The van der Waals surface area contributed by atoms with E-state index in [1.807, 2.05) is 74.4 Å². The molecule has 1 heterocycles. The maximum Gasteiger partial charge on any atom is 0.416 e. The zero-order chi connectivity index (χ0) is 23.3. The van der Waals surface area contributed by atoms with Crippen molar-refractivity contribution < 1.29 is 13.2 Å². The molecule has 0 bridgehead atoms. The molecule has 3 rings (SSSR count). The second kappa shape index (κ2) is 9.94. The summed E-state index contributed by atoms with van der Waals surface area (Å²) in [4.78, 5) is 1.91. The molecule has 0 radical (unpaired) electrons. The molecule has 1 aliphatic heterocycles. The van der Waals surface area contributed by atoms with E-state index >= 15 is 0 Å². The van der Waals surface area contributed by atoms with Gasteiger partial charge in [-0.3, -0.25) is 0 Å². The molecule has 0 aromatic heterocycles. The van der Waals surface area contributed by atoms with Crippen molar-refractivity contribution in [3.8, 4) is 0 Å². The van der Waals surface area contributed by atoms with Crippen molar-refractivity contribution >= 4 is 5.57 Å². The molecule has 0 saturated carbocycles. The van der Waals surface area contributed by atoms with Crippen molar-refractivity contribution in [1.29, 1.82) is 0 Å². The van der Waals surface area contributed by atoms with E-state index in [0.29, 0.717) is 6.54 Å². The lowest BCUT2D eigenvalue weighted by Gasteiger charge is -2.27. The first-order chi connectivity index (χ1) is 15.2. The van der Waals surface area contributed by atoms with Gasteiger partial charge in [-0.2, -0.15) is 13.2 Å². The van der Waals surface area contributed by atoms with E-state index in [0.717, 1.165) is 22.9 Å². The summed E-state index contributed by atoms with van der Waals surface area (Å²) in [7, 11) is 0. The van der Waals surface area contributed by atoms with Crippen molar-refractivity contribution in [2.75, 3.05) is 6.54 Å². The highest BCUT2D eigenvalue weighted by Crippen LogP contribution is 2.38. The number of nitrogens with one attached hydrogen (secondary N) is 1. The van der Waals surface area contributed by atoms with Gasteiger partial charge in [0.2, 0.25) is 0 Å². The molecule has 0 spiro atoms. The molecule has 2 aromatic carbocycles. The number of alkyl halides is 3. The molecular formula is C27H29F3N2. The van der Waals surface area contributed by atoms with E-state index in [2.05, 4.69) is 11.9 Å². The van der Waals surface area contributed by atoms with E-state index in [9.17, 15) is 13.2 Å². The monoisotopic (exact) mass is 438 g/mol. The first kappa shape index (κ1) is 23.5. The van der Waals surface area contributed by atoms with E-state index in [1.165, 1.54) is 11.6 Å². The van der Waals surface area contributed by atoms with Crippen LogP contribution in [-0.4, -0.2) is 11.4 Å². The molecule has 0 aliphatic carbocycles. The number of hydrogen-bond acceptors (Lipinski definition) is 2. The lowest BCUT2D eigenvalue weighted by molar-refractivity contribution is -0.138. The fraction of sp³-hybridized carbons (Fsp3) is 0.259. The van der Waals surface area contributed by atoms with Crippen LogP contribution < -0.4 is 5.32 Å². The topological polar surface area (TPSA) is 15.3 Å². The number of benzene rings is 2. The summed E-state index contributed by atoms with van der Waals surface area (Å²) >= 11 is 0. The summed E-state index contributed by atoms with van der Waals surface area (Å²) in [5.41, 5.74) is 3.76. The smallest absolute Gasteiger partial charge is 0.363 e. The van der Waals surface area contributed by atoms with Crippen LogP contribution in [0.1, 0.15) is 42.3 Å². The zero-order valence-corrected chi connectivity index (χ0v) is 18.7. The standard InChI is InChI=1S/C27H29F3N2/c1-5-9-21(22-15-13-20(4)14-16-22)10-8-17-32-18-25(19(2)3)31-26(32)23-11-6-7-12-24(23)27(28,29)30/h5-16,18-19,26,31H,1,17H2,2-4H3/b10-8-,21-9+. The highest BCUT2D eigenvalue weighted by Gasteiger charge is 2.37. The van der Waals surface area contributed by atoms with Crippen LogP contribution in [-0.2, 0) is 6.18 Å². The normalized spacial score (nSPS) is 17.1. The first-order valence-electron chi connectivity index (χ1n) is 10.7. The Morgan fingerprint density at radius 3 is 2.44 bits per heavy atom. The molecule has 168 valence electrons. The van der Waals surface area contributed by atoms with Gasteiger partial charge in [-0.05, 0) is 30.0 Å². The number of halogens is 3. The van der Waals surface area contributed by atoms with Gasteiger partial charge in [-0.15, -0.1) is 0 Å². The Morgan fingerprint density at radius 1 is 1.12 bits per heavy atom. The van der Waals surface area contributed by atoms with Crippen LogP contribution in [0.2, 0.25) is 0 Å². The molecule has 1 atom stereocenters. The van der Waals surface area contributed by atoms with Gasteiger partial charge in [0, 0.05) is 24.0 Å². The minimum absolute atomic E-state index is 0.174. The summed E-state index contributed by atoms with van der Waals surface area (Å²) in [6.45, 7) is 10.3. The lowest BCUT2D eigenvalue weighted by Crippen LogP contribution is -2.30. The van der Waals surface area contributed by atoms with Gasteiger partial charge in [0.05, 0.1) is 5.56 Å². The highest BCUT2D eigenvalue weighted by atomic mass is 19.4. The molecule has 1 N–H and O–H groups in total. The minimum atomic E-state index is -4.41. The Bertz CT molecular complexity index is 1030. The van der Waals surface area contributed by atoms with Gasteiger partial charge in [-0.25, -0.2) is 0 Å². The third-order valence-electron chi connectivity index (χ3n) is 5.42. The highest BCUT2D eigenvalue weighted by molar-refractivity contribution is 5.75. The van der Waals surface area contributed by atoms with E-state index in [1.54, 1.807) is 18.2 Å². The maximum atomic E-state index is 13.6. The SMILES string of the molecule is C=C/C=C(\C=C/CN1C=C(C(C)C)NC1c1ccccc1C(F)(F)F)c1ccc(C)cc1. The summed E-state index contributed by atoms with van der Waals surface area (Å²) in [6, 6.07) is 14.0. The number of aryl methyl sites for hydroxylation is 1. The van der Waals surface area contributed by atoms with Crippen LogP contribution in [0.5, 0.6) is 0 Å². The van der Waals surface area contributed by atoms with Crippen molar-refractivity contribution in [2.45, 2.75) is 33.1 Å². The third-order valence-corrected chi connectivity index (χ3v) is 5.42. The van der Waals surface area contributed by atoms with Gasteiger partial charge in [0.15, 0.2) is 0 Å². The number of nitrogens with zero attached hydrogens (tertiary/aromatic N) is 1.